The van der Waals surface area contributed by atoms with Crippen molar-refractivity contribution in [3.63, 3.8) is 0 Å². The lowest BCUT2D eigenvalue weighted by Crippen LogP contribution is -2.15. The number of rotatable bonds is 5. The van der Waals surface area contributed by atoms with Gasteiger partial charge in [0.1, 0.15) is 0 Å². The van der Waals surface area contributed by atoms with Crippen molar-refractivity contribution in [2.75, 3.05) is 7.11 Å². The van der Waals surface area contributed by atoms with Gasteiger partial charge in [-0.1, -0.05) is 6.08 Å². The highest BCUT2D eigenvalue weighted by atomic mass is 16.6. The van der Waals surface area contributed by atoms with Gasteiger partial charge in [0.2, 0.25) is 0 Å². The van der Waals surface area contributed by atoms with Crippen molar-refractivity contribution in [1.29, 1.82) is 0 Å². The van der Waals surface area contributed by atoms with Gasteiger partial charge in [0.25, 0.3) is 11.6 Å². The van der Waals surface area contributed by atoms with Crippen LogP contribution in [0, 0.1) is 24.0 Å². The lowest BCUT2D eigenvalue weighted by atomic mass is 10.1. The molecule has 7 nitrogen and oxygen atoms in total. The number of allylic oxidation sites excluding steroid dienone is 3. The number of nitro benzene ring substituents is 1. The quantitative estimate of drug-likeness (QED) is 0.520. The van der Waals surface area contributed by atoms with Crippen molar-refractivity contribution in [3.05, 3.63) is 84.5 Å². The first-order valence-electron chi connectivity index (χ1n) is 9.28. The fraction of sp³-hybridized carbons (Fsp3) is 0.318. The van der Waals surface area contributed by atoms with Crippen molar-refractivity contribution >= 4 is 11.8 Å². The van der Waals surface area contributed by atoms with E-state index in [1.165, 1.54) is 19.2 Å². The summed E-state index contributed by atoms with van der Waals surface area (Å²) in [5.74, 6) is 1.51. The van der Waals surface area contributed by atoms with E-state index in [1.807, 2.05) is 19.1 Å². The van der Waals surface area contributed by atoms with Crippen molar-refractivity contribution in [2.24, 2.45) is 0 Å². The molecule has 1 fully saturated rings. The molecule has 1 aromatic heterocycles. The first kappa shape index (κ1) is 20.4. The van der Waals surface area contributed by atoms with E-state index < -0.39 is 4.92 Å². The van der Waals surface area contributed by atoms with E-state index in [-0.39, 0.29) is 23.2 Å². The Morgan fingerprint density at radius 3 is 2.55 bits per heavy atom. The van der Waals surface area contributed by atoms with Gasteiger partial charge in [0.15, 0.2) is 17.3 Å². The van der Waals surface area contributed by atoms with Gasteiger partial charge < -0.3 is 13.9 Å². The van der Waals surface area contributed by atoms with Crippen LogP contribution in [0.4, 0.5) is 5.69 Å². The lowest BCUT2D eigenvalue weighted by Gasteiger charge is -2.14. The van der Waals surface area contributed by atoms with Crippen LogP contribution in [0.3, 0.4) is 0 Å². The second-order valence-corrected chi connectivity index (χ2v) is 7.03. The van der Waals surface area contributed by atoms with E-state index in [9.17, 15) is 14.9 Å². The number of non-ortho nitro benzene ring substituents is 1. The average molecular weight is 397 g/mol. The lowest BCUT2D eigenvalue weighted by molar-refractivity contribution is -0.384. The first-order chi connectivity index (χ1) is 13.8. The monoisotopic (exact) mass is 397 g/mol. The normalized spacial score (nSPS) is 18.0. The van der Waals surface area contributed by atoms with E-state index in [0.29, 0.717) is 23.3 Å². The van der Waals surface area contributed by atoms with Crippen LogP contribution in [0.25, 0.3) is 6.08 Å². The zero-order valence-corrected chi connectivity index (χ0v) is 16.9. The van der Waals surface area contributed by atoms with Gasteiger partial charge in [0.05, 0.1) is 23.4 Å². The third-order valence-corrected chi connectivity index (χ3v) is 4.87. The second-order valence-electron chi connectivity index (χ2n) is 7.03. The summed E-state index contributed by atoms with van der Waals surface area (Å²) in [4.78, 5) is 22.7. The molecule has 29 heavy (non-hydrogen) atoms. The molecule has 0 N–H and O–H groups in total. The van der Waals surface area contributed by atoms with Crippen LogP contribution in [0.15, 0.2) is 50.9 Å². The maximum Gasteiger partial charge on any atom is 0.291 e. The average Bonchev–Trinajstić information content (AvgIpc) is 3.14. The molecule has 0 spiro atoms. The Morgan fingerprint density at radius 2 is 1.93 bits per heavy atom. The molecule has 7 heteroatoms. The predicted octanol–water partition coefficient (Wildman–Crippen LogP) is 5.01. The van der Waals surface area contributed by atoms with Gasteiger partial charge in [0, 0.05) is 24.1 Å². The molecule has 0 radical (unpaired) electrons. The summed E-state index contributed by atoms with van der Waals surface area (Å²) in [6, 6.07) is 6.36. The van der Waals surface area contributed by atoms with Crippen LogP contribution in [0.2, 0.25) is 0 Å². The minimum Gasteiger partial charge on any atom is -0.487 e. The SMILES string of the molecule is COc1oc([C@H]2CC/C(=C\C(C)=C\c3ccc([N+](=O)[O-])cc3)O2)c(C)c(=O)c1C. The summed E-state index contributed by atoms with van der Waals surface area (Å²) < 4.78 is 17.0. The van der Waals surface area contributed by atoms with Crippen molar-refractivity contribution < 1.29 is 18.8 Å². The van der Waals surface area contributed by atoms with E-state index in [1.54, 1.807) is 26.0 Å². The van der Waals surface area contributed by atoms with Crippen LogP contribution in [-0.2, 0) is 4.74 Å². The standard InChI is InChI=1S/C22H23NO6/c1-13(11-16-5-7-17(8-6-16)23(25)26)12-18-9-10-19(28-18)21-14(2)20(24)15(3)22(27-4)29-21/h5-8,11-12,19H,9-10H2,1-4H3/b13-11+,18-12+/t19-/m1/s1. The molecule has 3 rings (SSSR count). The molecule has 0 unspecified atom stereocenters. The molecular weight excluding hydrogens is 374 g/mol. The van der Waals surface area contributed by atoms with Crippen LogP contribution >= 0.6 is 0 Å². The molecule has 1 aliphatic heterocycles. The largest absolute Gasteiger partial charge is 0.487 e. The van der Waals surface area contributed by atoms with E-state index in [4.69, 9.17) is 13.9 Å². The molecule has 2 heterocycles. The van der Waals surface area contributed by atoms with Gasteiger partial charge in [-0.15, -0.1) is 0 Å². The molecule has 0 aliphatic carbocycles. The third-order valence-electron chi connectivity index (χ3n) is 4.87. The summed E-state index contributed by atoms with van der Waals surface area (Å²) in [6.45, 7) is 5.35. The molecule has 152 valence electrons. The molecule has 0 bridgehead atoms. The fourth-order valence-electron chi connectivity index (χ4n) is 3.36. The molecule has 1 aromatic carbocycles. The topological polar surface area (TPSA) is 91.8 Å². The van der Waals surface area contributed by atoms with Crippen LogP contribution in [0.5, 0.6) is 5.95 Å². The third kappa shape index (κ3) is 4.39. The van der Waals surface area contributed by atoms with Gasteiger partial charge in [-0.3, -0.25) is 14.9 Å². The van der Waals surface area contributed by atoms with E-state index >= 15 is 0 Å². The van der Waals surface area contributed by atoms with E-state index in [0.717, 1.165) is 23.3 Å². The Balaban J connectivity index is 1.78. The second kappa shape index (κ2) is 8.34. The molecule has 1 saturated heterocycles. The maximum atomic E-state index is 12.4. The molecule has 0 saturated carbocycles. The van der Waals surface area contributed by atoms with Gasteiger partial charge in [-0.2, -0.15) is 0 Å². The first-order valence-corrected chi connectivity index (χ1v) is 9.28. The van der Waals surface area contributed by atoms with Gasteiger partial charge >= 0.3 is 0 Å². The number of hydrogen-bond donors (Lipinski definition) is 0. The van der Waals surface area contributed by atoms with E-state index in [2.05, 4.69) is 0 Å². The number of ether oxygens (including phenoxy) is 2. The fourth-order valence-corrected chi connectivity index (χ4v) is 3.36. The number of hydrogen-bond acceptors (Lipinski definition) is 6. The minimum atomic E-state index is -0.421. The summed E-state index contributed by atoms with van der Waals surface area (Å²) in [7, 11) is 1.47. The van der Waals surface area contributed by atoms with Crippen molar-refractivity contribution in [1.82, 2.24) is 0 Å². The molecular formula is C22H23NO6. The molecule has 1 aliphatic rings. The van der Waals surface area contributed by atoms with Crippen LogP contribution < -0.4 is 10.2 Å². The highest BCUT2D eigenvalue weighted by Gasteiger charge is 2.28. The smallest absolute Gasteiger partial charge is 0.291 e. The Kier molecular flexibility index (Phi) is 5.87. The highest BCUT2D eigenvalue weighted by Crippen LogP contribution is 2.38. The Bertz CT molecular complexity index is 1050. The van der Waals surface area contributed by atoms with Crippen molar-refractivity contribution in [3.8, 4) is 5.95 Å². The zero-order chi connectivity index (χ0) is 21.1. The van der Waals surface area contributed by atoms with Crippen LogP contribution in [-0.4, -0.2) is 12.0 Å². The minimum absolute atomic E-state index is 0.0607. The Morgan fingerprint density at radius 1 is 1.24 bits per heavy atom. The molecule has 2 aromatic rings. The number of methoxy groups -OCH3 is 1. The number of nitro groups is 1. The Labute approximate surface area is 168 Å². The highest BCUT2D eigenvalue weighted by molar-refractivity contribution is 5.57. The van der Waals surface area contributed by atoms with Gasteiger partial charge in [-0.25, -0.2) is 0 Å². The van der Waals surface area contributed by atoms with Crippen molar-refractivity contribution in [2.45, 2.75) is 39.7 Å². The summed E-state index contributed by atoms with van der Waals surface area (Å²) in [5, 5.41) is 10.7. The zero-order valence-electron chi connectivity index (χ0n) is 16.9. The molecule has 1 atom stereocenters. The Hall–Kier alpha value is -3.35. The molecule has 0 amide bonds. The van der Waals surface area contributed by atoms with Gasteiger partial charge in [-0.05, 0) is 56.5 Å². The summed E-state index contributed by atoms with van der Waals surface area (Å²) in [5.41, 5.74) is 2.76. The maximum absolute atomic E-state index is 12.4. The summed E-state index contributed by atoms with van der Waals surface area (Å²) in [6.07, 6.45) is 4.94. The number of benzene rings is 1. The summed E-state index contributed by atoms with van der Waals surface area (Å²) >= 11 is 0. The van der Waals surface area contributed by atoms with Crippen LogP contribution in [0.1, 0.15) is 48.3 Å². The predicted molar refractivity (Wildman–Crippen MR) is 109 cm³/mol. The number of nitrogens with zero attached hydrogens (tertiary/aromatic N) is 1.